The molecule has 5 nitrogen and oxygen atoms in total. The van der Waals surface area contributed by atoms with Crippen molar-refractivity contribution in [2.45, 2.75) is 13.5 Å². The lowest BCUT2D eigenvalue weighted by molar-refractivity contribution is 0.983. The third kappa shape index (κ3) is 2.40. The van der Waals surface area contributed by atoms with Crippen LogP contribution in [0.25, 0.3) is 0 Å². The van der Waals surface area contributed by atoms with Gasteiger partial charge in [0.1, 0.15) is 5.02 Å². The van der Waals surface area contributed by atoms with Crippen LogP contribution in [0.2, 0.25) is 5.02 Å². The normalized spacial score (nSPS) is 10.4. The molecule has 0 unspecified atom stereocenters. The zero-order valence-corrected chi connectivity index (χ0v) is 10.0. The molecule has 2 N–H and O–H groups in total. The summed E-state index contributed by atoms with van der Waals surface area (Å²) in [4.78, 5) is 16.4. The van der Waals surface area contributed by atoms with Crippen LogP contribution in [-0.4, -0.2) is 15.2 Å². The number of nitrogens with zero attached hydrogens (tertiary/aromatic N) is 2. The number of thiazole rings is 1. The lowest BCUT2D eigenvalue weighted by Gasteiger charge is -2.04. The van der Waals surface area contributed by atoms with Gasteiger partial charge in [-0.05, 0) is 6.92 Å². The van der Waals surface area contributed by atoms with Crippen molar-refractivity contribution in [1.29, 1.82) is 0 Å². The van der Waals surface area contributed by atoms with E-state index in [0.29, 0.717) is 12.2 Å². The quantitative estimate of drug-likeness (QED) is 0.879. The van der Waals surface area contributed by atoms with E-state index in [1.165, 1.54) is 6.20 Å². The fourth-order valence-corrected chi connectivity index (χ4v) is 2.07. The zero-order chi connectivity index (χ0) is 11.5. The highest BCUT2D eigenvalue weighted by Gasteiger charge is 2.05. The lowest BCUT2D eigenvalue weighted by atomic mass is 10.4. The Bertz CT molecular complexity index is 550. The van der Waals surface area contributed by atoms with E-state index in [1.807, 2.05) is 6.92 Å². The van der Waals surface area contributed by atoms with Crippen molar-refractivity contribution in [2.24, 2.45) is 0 Å². The number of nitrogens with one attached hydrogen (secondary N) is 2. The molecule has 0 amide bonds. The van der Waals surface area contributed by atoms with Crippen molar-refractivity contribution in [3.8, 4) is 0 Å². The molecule has 0 aliphatic carbocycles. The van der Waals surface area contributed by atoms with Gasteiger partial charge in [0.05, 0.1) is 23.4 Å². The summed E-state index contributed by atoms with van der Waals surface area (Å²) in [5, 5.41) is 10.1. The van der Waals surface area contributed by atoms with Gasteiger partial charge in [0, 0.05) is 11.1 Å². The van der Waals surface area contributed by atoms with Gasteiger partial charge in [-0.3, -0.25) is 4.79 Å². The van der Waals surface area contributed by atoms with E-state index in [0.717, 1.165) is 9.88 Å². The fourth-order valence-electron chi connectivity index (χ4n) is 1.18. The van der Waals surface area contributed by atoms with Crippen molar-refractivity contribution in [2.75, 3.05) is 5.32 Å². The van der Waals surface area contributed by atoms with Gasteiger partial charge in [0.15, 0.2) is 0 Å². The molecule has 0 aromatic carbocycles. The molecule has 84 valence electrons. The van der Waals surface area contributed by atoms with Crippen LogP contribution in [0.4, 0.5) is 5.69 Å². The minimum absolute atomic E-state index is 0.122. The van der Waals surface area contributed by atoms with Crippen LogP contribution in [0.1, 0.15) is 9.88 Å². The Kier molecular flexibility index (Phi) is 3.21. The first-order valence-corrected chi connectivity index (χ1v) is 5.74. The molecule has 2 aromatic rings. The van der Waals surface area contributed by atoms with E-state index in [9.17, 15) is 4.79 Å². The number of aromatic amines is 1. The van der Waals surface area contributed by atoms with Gasteiger partial charge in [-0.1, -0.05) is 11.6 Å². The summed E-state index contributed by atoms with van der Waals surface area (Å²) in [6, 6.07) is 0. The van der Waals surface area contributed by atoms with Gasteiger partial charge in [0.2, 0.25) is 0 Å². The minimum Gasteiger partial charge on any atom is -0.377 e. The van der Waals surface area contributed by atoms with Crippen molar-refractivity contribution >= 4 is 28.6 Å². The molecule has 0 fully saturated rings. The van der Waals surface area contributed by atoms with Gasteiger partial charge in [0.25, 0.3) is 5.56 Å². The SMILES string of the molecule is Cc1ncc(CNc2cn[nH]c(=O)c2Cl)s1. The number of aryl methyl sites for hydroxylation is 1. The summed E-state index contributed by atoms with van der Waals surface area (Å²) in [6.07, 6.45) is 3.28. The molecule has 7 heteroatoms. The first-order valence-electron chi connectivity index (χ1n) is 4.55. The van der Waals surface area contributed by atoms with Crippen LogP contribution in [0.5, 0.6) is 0 Å². The summed E-state index contributed by atoms with van der Waals surface area (Å²) in [7, 11) is 0. The van der Waals surface area contributed by atoms with E-state index in [-0.39, 0.29) is 5.02 Å². The second kappa shape index (κ2) is 4.63. The molecule has 0 aliphatic heterocycles. The number of halogens is 1. The highest BCUT2D eigenvalue weighted by molar-refractivity contribution is 7.11. The predicted molar refractivity (Wildman–Crippen MR) is 64.0 cm³/mol. The van der Waals surface area contributed by atoms with E-state index in [4.69, 9.17) is 11.6 Å². The maximum Gasteiger partial charge on any atom is 0.285 e. The van der Waals surface area contributed by atoms with Crippen LogP contribution < -0.4 is 10.9 Å². The van der Waals surface area contributed by atoms with Gasteiger partial charge >= 0.3 is 0 Å². The van der Waals surface area contributed by atoms with Crippen LogP contribution in [0.3, 0.4) is 0 Å². The number of rotatable bonds is 3. The second-order valence-corrected chi connectivity index (χ2v) is 4.82. The van der Waals surface area contributed by atoms with Crippen molar-refractivity contribution in [1.82, 2.24) is 15.2 Å². The second-order valence-electron chi connectivity index (χ2n) is 3.13. The Hall–Kier alpha value is -1.40. The van der Waals surface area contributed by atoms with Crippen molar-refractivity contribution in [3.05, 3.63) is 37.7 Å². The van der Waals surface area contributed by atoms with Gasteiger partial charge in [-0.25, -0.2) is 10.1 Å². The van der Waals surface area contributed by atoms with E-state index in [1.54, 1.807) is 17.5 Å². The minimum atomic E-state index is -0.396. The van der Waals surface area contributed by atoms with E-state index in [2.05, 4.69) is 20.5 Å². The van der Waals surface area contributed by atoms with Crippen LogP contribution >= 0.6 is 22.9 Å². The topological polar surface area (TPSA) is 70.7 Å². The zero-order valence-electron chi connectivity index (χ0n) is 8.45. The molecule has 0 saturated heterocycles. The molecule has 0 radical (unpaired) electrons. The highest BCUT2D eigenvalue weighted by Crippen LogP contribution is 2.17. The first kappa shape index (κ1) is 11.1. The Morgan fingerprint density at radius 2 is 2.38 bits per heavy atom. The molecular weight excluding hydrogens is 248 g/mol. The predicted octanol–water partition coefficient (Wildman–Crippen LogP) is 1.80. The van der Waals surface area contributed by atoms with E-state index >= 15 is 0 Å². The largest absolute Gasteiger partial charge is 0.377 e. The average molecular weight is 257 g/mol. The maximum absolute atomic E-state index is 11.2. The van der Waals surface area contributed by atoms with Gasteiger partial charge in [-0.15, -0.1) is 11.3 Å². The first-order chi connectivity index (χ1) is 7.66. The molecule has 0 atom stereocenters. The molecular formula is C9H9ClN4OS. The molecule has 16 heavy (non-hydrogen) atoms. The van der Waals surface area contributed by atoms with Crippen LogP contribution in [0.15, 0.2) is 17.2 Å². The lowest BCUT2D eigenvalue weighted by Crippen LogP contribution is -2.11. The summed E-state index contributed by atoms with van der Waals surface area (Å²) in [5.41, 5.74) is 0.128. The summed E-state index contributed by atoms with van der Waals surface area (Å²) < 4.78 is 0. The van der Waals surface area contributed by atoms with Gasteiger partial charge in [-0.2, -0.15) is 5.10 Å². The van der Waals surface area contributed by atoms with Crippen molar-refractivity contribution < 1.29 is 0 Å². The van der Waals surface area contributed by atoms with Gasteiger partial charge < -0.3 is 5.32 Å². The number of hydrogen-bond acceptors (Lipinski definition) is 5. The molecule has 0 aliphatic rings. The monoisotopic (exact) mass is 256 g/mol. The summed E-state index contributed by atoms with van der Waals surface area (Å²) >= 11 is 7.40. The molecule has 2 heterocycles. The molecule has 0 bridgehead atoms. The maximum atomic E-state index is 11.2. The number of hydrogen-bond donors (Lipinski definition) is 2. The Morgan fingerprint density at radius 3 is 3.06 bits per heavy atom. The highest BCUT2D eigenvalue weighted by atomic mass is 35.5. The Balaban J connectivity index is 2.10. The number of H-pyrrole nitrogens is 1. The summed E-state index contributed by atoms with van der Waals surface area (Å²) in [5.74, 6) is 0. The standard InChI is InChI=1S/C9H9ClN4OS/c1-5-11-2-6(16-5)3-12-7-4-13-14-9(15)8(7)10/h2,4H,3H2,1H3,(H2,12,14,15). The molecule has 0 saturated carbocycles. The van der Waals surface area contributed by atoms with Crippen LogP contribution in [0, 0.1) is 6.92 Å². The molecule has 0 spiro atoms. The molecule has 2 rings (SSSR count). The fraction of sp³-hybridized carbons (Fsp3) is 0.222. The smallest absolute Gasteiger partial charge is 0.285 e. The van der Waals surface area contributed by atoms with Crippen LogP contribution in [-0.2, 0) is 6.54 Å². The number of aromatic nitrogens is 3. The Labute approximate surface area is 101 Å². The summed E-state index contributed by atoms with van der Waals surface area (Å²) in [6.45, 7) is 2.52. The van der Waals surface area contributed by atoms with E-state index < -0.39 is 5.56 Å². The average Bonchev–Trinajstić information content (AvgIpc) is 2.67. The molecule has 2 aromatic heterocycles. The Morgan fingerprint density at radius 1 is 1.56 bits per heavy atom. The third-order valence-electron chi connectivity index (χ3n) is 1.92. The number of anilines is 1. The third-order valence-corrected chi connectivity index (χ3v) is 3.21. The van der Waals surface area contributed by atoms with Crippen molar-refractivity contribution in [3.63, 3.8) is 0 Å².